The van der Waals surface area contributed by atoms with E-state index >= 15 is 0 Å². The van der Waals surface area contributed by atoms with Gasteiger partial charge in [-0.1, -0.05) is 42.1 Å². The number of anilines is 1. The van der Waals surface area contributed by atoms with Gasteiger partial charge in [-0.2, -0.15) is 0 Å². The van der Waals surface area contributed by atoms with Crippen LogP contribution in [0.25, 0.3) is 10.9 Å². The fraction of sp³-hybridized carbons (Fsp3) is 0.286. The van der Waals surface area contributed by atoms with Gasteiger partial charge in [0.25, 0.3) is 5.56 Å². The molecule has 3 aromatic rings. The van der Waals surface area contributed by atoms with Crippen molar-refractivity contribution in [3.8, 4) is 0 Å². The molecule has 1 unspecified atom stereocenters. The molecule has 2 heterocycles. The zero-order valence-corrected chi connectivity index (χ0v) is 16.2. The Morgan fingerprint density at radius 2 is 1.89 bits per heavy atom. The summed E-state index contributed by atoms with van der Waals surface area (Å²) in [7, 11) is 1.71. The van der Waals surface area contributed by atoms with E-state index in [4.69, 9.17) is 0 Å². The first-order valence-corrected chi connectivity index (χ1v) is 9.96. The van der Waals surface area contributed by atoms with E-state index in [9.17, 15) is 9.59 Å². The summed E-state index contributed by atoms with van der Waals surface area (Å²) >= 11 is 1.34. The van der Waals surface area contributed by atoms with Crippen LogP contribution in [0.3, 0.4) is 0 Å². The third-order valence-corrected chi connectivity index (χ3v) is 6.08. The summed E-state index contributed by atoms with van der Waals surface area (Å²) in [6.07, 6.45) is 1.97. The van der Waals surface area contributed by atoms with E-state index in [0.29, 0.717) is 16.1 Å². The van der Waals surface area contributed by atoms with E-state index < -0.39 is 0 Å². The van der Waals surface area contributed by atoms with E-state index in [1.807, 2.05) is 48.2 Å². The molecule has 6 heteroatoms. The van der Waals surface area contributed by atoms with Crippen LogP contribution in [0.1, 0.15) is 18.9 Å². The first kappa shape index (κ1) is 17.8. The van der Waals surface area contributed by atoms with Gasteiger partial charge in [-0.25, -0.2) is 4.98 Å². The van der Waals surface area contributed by atoms with Gasteiger partial charge >= 0.3 is 0 Å². The molecule has 1 aliphatic rings. The van der Waals surface area contributed by atoms with Gasteiger partial charge in [-0.3, -0.25) is 14.2 Å². The average molecular weight is 379 g/mol. The molecule has 0 bridgehead atoms. The number of aryl methyl sites for hydroxylation is 1. The zero-order valence-electron chi connectivity index (χ0n) is 15.4. The van der Waals surface area contributed by atoms with E-state index in [1.54, 1.807) is 13.1 Å². The van der Waals surface area contributed by atoms with Crippen molar-refractivity contribution in [3.05, 3.63) is 64.4 Å². The highest BCUT2D eigenvalue weighted by Gasteiger charge is 2.27. The van der Waals surface area contributed by atoms with Crippen LogP contribution in [0.2, 0.25) is 0 Å². The molecule has 1 atom stereocenters. The highest BCUT2D eigenvalue weighted by Crippen LogP contribution is 2.30. The molecule has 4 rings (SSSR count). The Morgan fingerprint density at radius 3 is 2.74 bits per heavy atom. The smallest absolute Gasteiger partial charge is 0.261 e. The number of fused-ring (bicyclic) bond motifs is 2. The number of para-hydroxylation sites is 2. The number of benzene rings is 2. The molecule has 0 fully saturated rings. The van der Waals surface area contributed by atoms with Crippen molar-refractivity contribution in [1.82, 2.24) is 9.55 Å². The maximum absolute atomic E-state index is 13.1. The molecule has 1 aliphatic heterocycles. The molecule has 5 nitrogen and oxygen atoms in total. The second-order valence-electron chi connectivity index (χ2n) is 6.76. The minimum atomic E-state index is -0.338. The number of amides is 1. The summed E-state index contributed by atoms with van der Waals surface area (Å²) in [4.78, 5) is 32.2. The van der Waals surface area contributed by atoms with Crippen LogP contribution in [0.4, 0.5) is 5.69 Å². The number of nitrogens with zero attached hydrogens (tertiary/aromatic N) is 3. The molecular weight excluding hydrogens is 358 g/mol. The van der Waals surface area contributed by atoms with Gasteiger partial charge in [0, 0.05) is 19.3 Å². The van der Waals surface area contributed by atoms with Gasteiger partial charge in [0.05, 0.1) is 16.2 Å². The standard InChI is InChI=1S/C21H21N3O2S/c1-14(19(25)24-13-7-9-15-8-3-6-12-18(15)24)27-21-22-17-11-5-4-10-16(17)20(26)23(21)2/h3-6,8,10-12,14H,7,9,13H2,1-2H3. The van der Waals surface area contributed by atoms with Crippen LogP contribution in [0, 0.1) is 0 Å². The minimum absolute atomic E-state index is 0.0505. The van der Waals surface area contributed by atoms with Gasteiger partial charge in [0.1, 0.15) is 0 Å². The molecule has 138 valence electrons. The SMILES string of the molecule is CC(Sc1nc2ccccc2c(=O)n1C)C(=O)N1CCCc2ccccc21. The first-order valence-electron chi connectivity index (χ1n) is 9.08. The molecule has 0 saturated heterocycles. The quantitative estimate of drug-likeness (QED) is 0.517. The molecule has 0 aliphatic carbocycles. The summed E-state index contributed by atoms with van der Waals surface area (Å²) in [6.45, 7) is 2.61. The van der Waals surface area contributed by atoms with Crippen LogP contribution in [-0.4, -0.2) is 27.3 Å². The van der Waals surface area contributed by atoms with E-state index in [2.05, 4.69) is 11.1 Å². The number of hydrogen-bond acceptors (Lipinski definition) is 4. The Kier molecular flexibility index (Phi) is 4.74. The van der Waals surface area contributed by atoms with Crippen molar-refractivity contribution in [1.29, 1.82) is 0 Å². The molecule has 1 aromatic heterocycles. The molecule has 2 aromatic carbocycles. The van der Waals surface area contributed by atoms with Crippen molar-refractivity contribution >= 4 is 34.3 Å². The summed E-state index contributed by atoms with van der Waals surface area (Å²) < 4.78 is 1.53. The van der Waals surface area contributed by atoms with Gasteiger partial charge in [-0.15, -0.1) is 0 Å². The Hall–Kier alpha value is -2.60. The zero-order chi connectivity index (χ0) is 19.0. The molecular formula is C21H21N3O2S. The largest absolute Gasteiger partial charge is 0.311 e. The third-order valence-electron chi connectivity index (χ3n) is 4.95. The summed E-state index contributed by atoms with van der Waals surface area (Å²) in [5, 5.41) is 0.813. The van der Waals surface area contributed by atoms with Crippen LogP contribution in [0.15, 0.2) is 58.5 Å². The van der Waals surface area contributed by atoms with Gasteiger partial charge in [0.15, 0.2) is 5.16 Å². The molecule has 0 N–H and O–H groups in total. The van der Waals surface area contributed by atoms with E-state index in [0.717, 1.165) is 25.1 Å². The number of rotatable bonds is 3. The van der Waals surface area contributed by atoms with E-state index in [-0.39, 0.29) is 16.7 Å². The fourth-order valence-corrected chi connectivity index (χ4v) is 4.43. The third kappa shape index (κ3) is 3.25. The lowest BCUT2D eigenvalue weighted by Gasteiger charge is -2.31. The number of carbonyl (C=O) groups excluding carboxylic acids is 1. The van der Waals surface area contributed by atoms with E-state index in [1.165, 1.54) is 21.9 Å². The summed E-state index contributed by atoms with van der Waals surface area (Å²) in [5.74, 6) is 0.0505. The summed E-state index contributed by atoms with van der Waals surface area (Å²) in [5.41, 5.74) is 2.78. The lowest BCUT2D eigenvalue weighted by atomic mass is 10.0. The van der Waals surface area contributed by atoms with Crippen molar-refractivity contribution in [2.45, 2.75) is 30.2 Å². The second-order valence-corrected chi connectivity index (χ2v) is 8.07. The number of hydrogen-bond donors (Lipinski definition) is 0. The van der Waals surface area contributed by atoms with Gasteiger partial charge in [-0.05, 0) is 43.5 Å². The van der Waals surface area contributed by atoms with Crippen LogP contribution >= 0.6 is 11.8 Å². The molecule has 27 heavy (non-hydrogen) atoms. The Balaban J connectivity index is 1.62. The fourth-order valence-electron chi connectivity index (χ4n) is 3.49. The normalized spacial score (nSPS) is 14.8. The summed E-state index contributed by atoms with van der Waals surface area (Å²) in [6, 6.07) is 15.4. The predicted molar refractivity (Wildman–Crippen MR) is 109 cm³/mol. The highest BCUT2D eigenvalue weighted by molar-refractivity contribution is 8.00. The maximum atomic E-state index is 13.1. The predicted octanol–water partition coefficient (Wildman–Crippen LogP) is 3.39. The Bertz CT molecular complexity index is 1080. The van der Waals surface area contributed by atoms with Crippen molar-refractivity contribution in [3.63, 3.8) is 0 Å². The number of thioether (sulfide) groups is 1. The lowest BCUT2D eigenvalue weighted by molar-refractivity contribution is -0.117. The Labute approximate surface area is 162 Å². The van der Waals surface area contributed by atoms with Crippen LogP contribution < -0.4 is 10.5 Å². The Morgan fingerprint density at radius 1 is 1.15 bits per heavy atom. The van der Waals surface area contributed by atoms with Crippen molar-refractivity contribution in [2.75, 3.05) is 11.4 Å². The second kappa shape index (κ2) is 7.19. The average Bonchev–Trinajstić information content (AvgIpc) is 2.70. The minimum Gasteiger partial charge on any atom is -0.311 e. The van der Waals surface area contributed by atoms with Crippen molar-refractivity contribution in [2.24, 2.45) is 7.05 Å². The van der Waals surface area contributed by atoms with Crippen LogP contribution in [0.5, 0.6) is 0 Å². The first-order chi connectivity index (χ1) is 13.1. The topological polar surface area (TPSA) is 55.2 Å². The molecule has 0 saturated carbocycles. The maximum Gasteiger partial charge on any atom is 0.261 e. The van der Waals surface area contributed by atoms with Gasteiger partial charge in [0.2, 0.25) is 5.91 Å². The molecule has 0 radical (unpaired) electrons. The molecule has 0 spiro atoms. The van der Waals surface area contributed by atoms with Crippen LogP contribution in [-0.2, 0) is 18.3 Å². The lowest BCUT2D eigenvalue weighted by Crippen LogP contribution is -2.40. The molecule has 1 amide bonds. The number of aromatic nitrogens is 2. The monoisotopic (exact) mass is 379 g/mol. The van der Waals surface area contributed by atoms with Gasteiger partial charge < -0.3 is 4.90 Å². The highest BCUT2D eigenvalue weighted by atomic mass is 32.2. The number of carbonyl (C=O) groups is 1. The van der Waals surface area contributed by atoms with Crippen molar-refractivity contribution < 1.29 is 4.79 Å².